The van der Waals surface area contributed by atoms with Gasteiger partial charge in [-0.15, -0.1) is 11.3 Å². The standard InChI is InChI=1S/C14H18ClNOS/c1-4-6-16-13(11-5-7-17-10(11)3)12-8-9(2)14(15)18-12/h5,7-8,13,16H,4,6H2,1-3H3. The Morgan fingerprint density at radius 3 is 2.72 bits per heavy atom. The van der Waals surface area contributed by atoms with E-state index in [9.17, 15) is 0 Å². The molecule has 1 atom stereocenters. The summed E-state index contributed by atoms with van der Waals surface area (Å²) in [4.78, 5) is 1.25. The van der Waals surface area contributed by atoms with Crippen molar-refractivity contribution in [3.63, 3.8) is 0 Å². The van der Waals surface area contributed by atoms with E-state index in [2.05, 4.69) is 18.3 Å². The van der Waals surface area contributed by atoms with Crippen LogP contribution in [0.5, 0.6) is 0 Å². The van der Waals surface area contributed by atoms with Crippen LogP contribution in [0.25, 0.3) is 0 Å². The van der Waals surface area contributed by atoms with Gasteiger partial charge in [-0.3, -0.25) is 0 Å². The average Bonchev–Trinajstić information content (AvgIpc) is 2.88. The van der Waals surface area contributed by atoms with Crippen LogP contribution in [0.2, 0.25) is 4.34 Å². The van der Waals surface area contributed by atoms with E-state index < -0.39 is 0 Å². The SMILES string of the molecule is CCCNC(c1cc(C)c(Cl)s1)c1ccoc1C. The zero-order valence-electron chi connectivity index (χ0n) is 10.9. The first-order valence-corrected chi connectivity index (χ1v) is 7.36. The van der Waals surface area contributed by atoms with Crippen LogP contribution < -0.4 is 5.32 Å². The number of aryl methyl sites for hydroxylation is 2. The van der Waals surface area contributed by atoms with Crippen molar-refractivity contribution in [2.75, 3.05) is 6.54 Å². The van der Waals surface area contributed by atoms with Crippen molar-refractivity contribution in [2.24, 2.45) is 0 Å². The first kappa shape index (κ1) is 13.7. The monoisotopic (exact) mass is 283 g/mol. The molecule has 0 fully saturated rings. The van der Waals surface area contributed by atoms with E-state index in [0.717, 1.165) is 28.6 Å². The topological polar surface area (TPSA) is 25.2 Å². The van der Waals surface area contributed by atoms with Crippen molar-refractivity contribution in [2.45, 2.75) is 33.2 Å². The van der Waals surface area contributed by atoms with Crippen LogP contribution in [0.15, 0.2) is 22.8 Å². The summed E-state index contributed by atoms with van der Waals surface area (Å²) >= 11 is 7.82. The Kier molecular flexibility index (Phi) is 4.49. The Hall–Kier alpha value is -0.770. The van der Waals surface area contributed by atoms with E-state index in [1.54, 1.807) is 17.6 Å². The molecule has 0 aliphatic rings. The average molecular weight is 284 g/mol. The Balaban J connectivity index is 2.33. The summed E-state index contributed by atoms with van der Waals surface area (Å²) in [7, 11) is 0. The highest BCUT2D eigenvalue weighted by Gasteiger charge is 2.20. The van der Waals surface area contributed by atoms with E-state index in [1.165, 1.54) is 10.4 Å². The molecule has 0 saturated heterocycles. The molecule has 0 spiro atoms. The lowest BCUT2D eigenvalue weighted by molar-refractivity contribution is 0.518. The molecule has 4 heteroatoms. The third-order valence-electron chi connectivity index (χ3n) is 2.97. The van der Waals surface area contributed by atoms with Gasteiger partial charge in [0.1, 0.15) is 5.76 Å². The summed E-state index contributed by atoms with van der Waals surface area (Å²) in [6, 6.07) is 4.37. The molecule has 2 aromatic heterocycles. The highest BCUT2D eigenvalue weighted by atomic mass is 35.5. The number of thiophene rings is 1. The van der Waals surface area contributed by atoms with Crippen molar-refractivity contribution in [1.29, 1.82) is 0 Å². The van der Waals surface area contributed by atoms with Gasteiger partial charge in [0.2, 0.25) is 0 Å². The highest BCUT2D eigenvalue weighted by molar-refractivity contribution is 7.16. The Labute approximate surface area is 117 Å². The molecule has 1 N–H and O–H groups in total. The van der Waals surface area contributed by atoms with E-state index in [4.69, 9.17) is 16.0 Å². The minimum atomic E-state index is 0.180. The van der Waals surface area contributed by atoms with Crippen LogP contribution in [0.4, 0.5) is 0 Å². The van der Waals surface area contributed by atoms with Gasteiger partial charge in [-0.25, -0.2) is 0 Å². The summed E-state index contributed by atoms with van der Waals surface area (Å²) < 4.78 is 6.29. The minimum absolute atomic E-state index is 0.180. The van der Waals surface area contributed by atoms with Crippen molar-refractivity contribution >= 4 is 22.9 Å². The number of hydrogen-bond acceptors (Lipinski definition) is 3. The van der Waals surface area contributed by atoms with Crippen LogP contribution in [0, 0.1) is 13.8 Å². The predicted octanol–water partition coefficient (Wildman–Crippen LogP) is 4.70. The van der Waals surface area contributed by atoms with Gasteiger partial charge in [0, 0.05) is 10.4 Å². The highest BCUT2D eigenvalue weighted by Crippen LogP contribution is 2.35. The van der Waals surface area contributed by atoms with Gasteiger partial charge >= 0.3 is 0 Å². The quantitative estimate of drug-likeness (QED) is 0.860. The molecule has 1 unspecified atom stereocenters. The molecule has 98 valence electrons. The van der Waals surface area contributed by atoms with Crippen molar-refractivity contribution < 1.29 is 4.42 Å². The Bertz CT molecular complexity index is 498. The molecule has 0 amide bonds. The van der Waals surface area contributed by atoms with E-state index >= 15 is 0 Å². The fourth-order valence-electron chi connectivity index (χ4n) is 1.97. The maximum absolute atomic E-state index is 6.18. The summed E-state index contributed by atoms with van der Waals surface area (Å²) in [6.45, 7) is 7.18. The molecule has 0 bridgehead atoms. The third kappa shape index (κ3) is 2.79. The van der Waals surface area contributed by atoms with E-state index in [0.29, 0.717) is 0 Å². The summed E-state index contributed by atoms with van der Waals surface area (Å²) in [6.07, 6.45) is 2.85. The second kappa shape index (κ2) is 5.91. The molecule has 2 heterocycles. The first-order chi connectivity index (χ1) is 8.63. The normalized spacial score (nSPS) is 12.9. The summed E-state index contributed by atoms with van der Waals surface area (Å²) in [5.41, 5.74) is 2.34. The number of rotatable bonds is 5. The second-order valence-electron chi connectivity index (χ2n) is 4.42. The smallest absolute Gasteiger partial charge is 0.105 e. The summed E-state index contributed by atoms with van der Waals surface area (Å²) in [5.74, 6) is 0.964. The van der Waals surface area contributed by atoms with Gasteiger partial charge in [-0.1, -0.05) is 18.5 Å². The number of nitrogens with one attached hydrogen (secondary N) is 1. The van der Waals surface area contributed by atoms with Gasteiger partial charge in [0.05, 0.1) is 16.6 Å². The minimum Gasteiger partial charge on any atom is -0.469 e. The van der Waals surface area contributed by atoms with Crippen LogP contribution in [-0.4, -0.2) is 6.54 Å². The maximum Gasteiger partial charge on any atom is 0.105 e. The van der Waals surface area contributed by atoms with Gasteiger partial charge in [0.25, 0.3) is 0 Å². The predicted molar refractivity (Wildman–Crippen MR) is 77.6 cm³/mol. The van der Waals surface area contributed by atoms with Gasteiger partial charge in [0.15, 0.2) is 0 Å². The largest absolute Gasteiger partial charge is 0.469 e. The summed E-state index contributed by atoms with van der Waals surface area (Å²) in [5, 5.41) is 3.56. The lowest BCUT2D eigenvalue weighted by Gasteiger charge is -2.16. The number of halogens is 1. The van der Waals surface area contributed by atoms with E-state index in [-0.39, 0.29) is 6.04 Å². The first-order valence-electron chi connectivity index (χ1n) is 6.16. The number of furan rings is 1. The van der Waals surface area contributed by atoms with Gasteiger partial charge < -0.3 is 9.73 Å². The molecule has 2 aromatic rings. The Morgan fingerprint density at radius 2 is 2.22 bits per heavy atom. The van der Waals surface area contributed by atoms with Crippen molar-refractivity contribution in [1.82, 2.24) is 5.32 Å². The van der Waals surface area contributed by atoms with Gasteiger partial charge in [-0.05, 0) is 44.5 Å². The third-order valence-corrected chi connectivity index (χ3v) is 4.59. The van der Waals surface area contributed by atoms with Crippen LogP contribution in [0.3, 0.4) is 0 Å². The van der Waals surface area contributed by atoms with E-state index in [1.807, 2.05) is 19.9 Å². The van der Waals surface area contributed by atoms with Gasteiger partial charge in [-0.2, -0.15) is 0 Å². The van der Waals surface area contributed by atoms with Crippen LogP contribution in [-0.2, 0) is 0 Å². The molecule has 18 heavy (non-hydrogen) atoms. The second-order valence-corrected chi connectivity index (χ2v) is 6.11. The molecule has 0 saturated carbocycles. The zero-order valence-corrected chi connectivity index (χ0v) is 12.5. The molecular weight excluding hydrogens is 266 g/mol. The number of hydrogen-bond donors (Lipinski definition) is 1. The fraction of sp³-hybridized carbons (Fsp3) is 0.429. The lowest BCUT2D eigenvalue weighted by Crippen LogP contribution is -2.22. The van der Waals surface area contributed by atoms with Crippen LogP contribution in [0.1, 0.15) is 41.2 Å². The molecule has 2 nitrogen and oxygen atoms in total. The lowest BCUT2D eigenvalue weighted by atomic mass is 10.1. The molecule has 0 aliphatic heterocycles. The van der Waals surface area contributed by atoms with Crippen LogP contribution >= 0.6 is 22.9 Å². The Morgan fingerprint density at radius 1 is 1.44 bits per heavy atom. The molecule has 2 rings (SSSR count). The molecule has 0 radical (unpaired) electrons. The van der Waals surface area contributed by atoms with Crippen molar-refractivity contribution in [3.05, 3.63) is 44.5 Å². The van der Waals surface area contributed by atoms with Crippen molar-refractivity contribution in [3.8, 4) is 0 Å². The fourth-order valence-corrected chi connectivity index (χ4v) is 3.29. The molecular formula is C14H18ClNOS. The zero-order chi connectivity index (χ0) is 13.1. The molecule has 0 aliphatic carbocycles. The molecule has 0 aromatic carbocycles. The maximum atomic E-state index is 6.18.